The van der Waals surface area contributed by atoms with E-state index >= 15 is 0 Å². The number of carbonyl (C=O) groups excluding carboxylic acids is 2. The Bertz CT molecular complexity index is 1250. The number of phenolic OH excluding ortho intramolecular Hbond substituents is 1. The van der Waals surface area contributed by atoms with Gasteiger partial charge in [0, 0.05) is 48.3 Å². The zero-order chi connectivity index (χ0) is 25.9. The van der Waals surface area contributed by atoms with E-state index in [1.807, 2.05) is 37.3 Å². The van der Waals surface area contributed by atoms with E-state index in [0.29, 0.717) is 54.9 Å². The lowest BCUT2D eigenvalue weighted by Crippen LogP contribution is -2.36. The Labute approximate surface area is 217 Å². The van der Waals surface area contributed by atoms with Crippen molar-refractivity contribution in [3.63, 3.8) is 0 Å². The Kier molecular flexibility index (Phi) is 7.33. The van der Waals surface area contributed by atoms with Crippen LogP contribution in [-0.2, 0) is 19.1 Å². The predicted octanol–water partition coefficient (Wildman–Crippen LogP) is 4.87. The lowest BCUT2D eigenvalue weighted by Gasteiger charge is -2.37. The number of rotatable bonds is 5. The van der Waals surface area contributed by atoms with Gasteiger partial charge in [0.25, 0.3) is 0 Å². The summed E-state index contributed by atoms with van der Waals surface area (Å²) in [7, 11) is 1.64. The van der Waals surface area contributed by atoms with Gasteiger partial charge in [-0.15, -0.1) is 0 Å². The number of benzene rings is 2. The molecule has 37 heavy (non-hydrogen) atoms. The molecule has 0 bridgehead atoms. The summed E-state index contributed by atoms with van der Waals surface area (Å²) >= 11 is 0. The summed E-state index contributed by atoms with van der Waals surface area (Å²) in [6.07, 6.45) is 2.91. The number of aromatic hydroxyl groups is 1. The van der Waals surface area contributed by atoms with Crippen molar-refractivity contribution in [2.24, 2.45) is 0 Å². The second-order valence-corrected chi connectivity index (χ2v) is 9.92. The van der Waals surface area contributed by atoms with Gasteiger partial charge < -0.3 is 24.6 Å². The zero-order valence-electron chi connectivity index (χ0n) is 21.3. The summed E-state index contributed by atoms with van der Waals surface area (Å²) in [5, 5.41) is 13.7. The van der Waals surface area contributed by atoms with Gasteiger partial charge in [-0.1, -0.05) is 30.3 Å². The summed E-state index contributed by atoms with van der Waals surface area (Å²) in [6, 6.07) is 14.6. The average Bonchev–Trinajstić information content (AvgIpc) is 3.16. The first-order valence-electron chi connectivity index (χ1n) is 12.9. The van der Waals surface area contributed by atoms with Gasteiger partial charge in [-0.05, 0) is 55.5 Å². The predicted molar refractivity (Wildman–Crippen MR) is 138 cm³/mol. The highest BCUT2D eigenvalue weighted by Gasteiger charge is 2.42. The second-order valence-electron chi connectivity index (χ2n) is 9.92. The Morgan fingerprint density at radius 3 is 2.73 bits per heavy atom. The Morgan fingerprint density at radius 2 is 1.92 bits per heavy atom. The van der Waals surface area contributed by atoms with Crippen molar-refractivity contribution in [2.45, 2.75) is 57.0 Å². The molecule has 0 radical (unpaired) electrons. The number of allylic oxidation sites excluding steroid dienone is 3. The fraction of sp³-hybridized carbons (Fsp3) is 0.400. The van der Waals surface area contributed by atoms with E-state index in [9.17, 15) is 14.7 Å². The number of para-hydroxylation sites is 1. The van der Waals surface area contributed by atoms with Crippen LogP contribution < -0.4 is 10.1 Å². The number of esters is 1. The van der Waals surface area contributed by atoms with Crippen LogP contribution in [0, 0.1) is 0 Å². The summed E-state index contributed by atoms with van der Waals surface area (Å²) in [5.74, 6) is -0.292. The molecule has 0 amide bonds. The first kappa shape index (κ1) is 25.1. The van der Waals surface area contributed by atoms with E-state index in [1.165, 1.54) is 0 Å². The first-order valence-corrected chi connectivity index (χ1v) is 12.9. The smallest absolute Gasteiger partial charge is 0.337 e. The van der Waals surface area contributed by atoms with Crippen LogP contribution in [0.1, 0.15) is 62.0 Å². The third kappa shape index (κ3) is 5.14. The van der Waals surface area contributed by atoms with Gasteiger partial charge in [-0.3, -0.25) is 4.79 Å². The number of methoxy groups -OCH3 is 1. The quantitative estimate of drug-likeness (QED) is 0.562. The van der Waals surface area contributed by atoms with E-state index < -0.39 is 11.9 Å². The number of Topliss-reactive ketones (excluding diaryl/α,β-unsaturated/α-hetero) is 1. The molecule has 5 rings (SSSR count). The monoisotopic (exact) mass is 503 g/mol. The number of ether oxygens (including phenoxy) is 3. The van der Waals surface area contributed by atoms with E-state index in [1.54, 1.807) is 25.3 Å². The van der Waals surface area contributed by atoms with Gasteiger partial charge in [-0.25, -0.2) is 4.79 Å². The standard InChI is InChI=1S/C30H33NO6/c1-18-27(30(34)37-22-9-6-13-36-14-12-22)28(19-7-5-8-21(32)15-19)29-24(31-18)16-20(17-25(29)33)23-10-3-4-11-26(23)35-2/h3-5,7-8,10-11,15,20,22,28,31-32H,6,9,12-14,16-17H2,1-2H3/t20-,22+,28-/m1/s1. The van der Waals surface area contributed by atoms with E-state index in [-0.39, 0.29) is 23.6 Å². The molecule has 2 N–H and O–H groups in total. The topological polar surface area (TPSA) is 94.1 Å². The third-order valence-electron chi connectivity index (χ3n) is 7.50. The Morgan fingerprint density at radius 1 is 1.08 bits per heavy atom. The molecule has 0 spiro atoms. The molecule has 194 valence electrons. The number of ketones is 1. The van der Waals surface area contributed by atoms with Gasteiger partial charge in [-0.2, -0.15) is 0 Å². The molecule has 2 aromatic rings. The highest BCUT2D eigenvalue weighted by atomic mass is 16.5. The van der Waals surface area contributed by atoms with Crippen molar-refractivity contribution >= 4 is 11.8 Å². The van der Waals surface area contributed by atoms with Crippen LogP contribution in [0.2, 0.25) is 0 Å². The minimum absolute atomic E-state index is 0.0290. The minimum Gasteiger partial charge on any atom is -0.508 e. The van der Waals surface area contributed by atoms with Crippen molar-refractivity contribution in [2.75, 3.05) is 20.3 Å². The van der Waals surface area contributed by atoms with E-state index in [2.05, 4.69) is 5.32 Å². The van der Waals surface area contributed by atoms with E-state index in [0.717, 1.165) is 29.9 Å². The number of hydrogen-bond donors (Lipinski definition) is 2. The van der Waals surface area contributed by atoms with Gasteiger partial charge in [0.15, 0.2) is 5.78 Å². The highest BCUT2D eigenvalue weighted by molar-refractivity contribution is 6.04. The molecular weight excluding hydrogens is 470 g/mol. The summed E-state index contributed by atoms with van der Waals surface area (Å²) < 4.78 is 17.1. The minimum atomic E-state index is -0.621. The highest BCUT2D eigenvalue weighted by Crippen LogP contribution is 2.47. The maximum Gasteiger partial charge on any atom is 0.337 e. The molecule has 7 nitrogen and oxygen atoms in total. The van der Waals surface area contributed by atoms with Crippen LogP contribution in [0.5, 0.6) is 11.5 Å². The summed E-state index contributed by atoms with van der Waals surface area (Å²) in [4.78, 5) is 27.4. The third-order valence-corrected chi connectivity index (χ3v) is 7.50. The van der Waals surface area contributed by atoms with Crippen LogP contribution in [0.25, 0.3) is 0 Å². The van der Waals surface area contributed by atoms with Crippen molar-refractivity contribution in [1.82, 2.24) is 5.32 Å². The fourth-order valence-corrected chi connectivity index (χ4v) is 5.78. The van der Waals surface area contributed by atoms with Crippen molar-refractivity contribution in [1.29, 1.82) is 0 Å². The van der Waals surface area contributed by atoms with Gasteiger partial charge in [0.05, 0.1) is 19.3 Å². The molecule has 2 aliphatic heterocycles. The Balaban J connectivity index is 1.53. The zero-order valence-corrected chi connectivity index (χ0v) is 21.3. The molecule has 1 aliphatic carbocycles. The van der Waals surface area contributed by atoms with Gasteiger partial charge in [0.1, 0.15) is 17.6 Å². The van der Waals surface area contributed by atoms with Crippen LogP contribution >= 0.6 is 0 Å². The van der Waals surface area contributed by atoms with Crippen LogP contribution in [-0.4, -0.2) is 43.3 Å². The number of hydrogen-bond acceptors (Lipinski definition) is 7. The molecule has 0 saturated carbocycles. The lowest BCUT2D eigenvalue weighted by molar-refractivity contribution is -0.145. The fourth-order valence-electron chi connectivity index (χ4n) is 5.78. The van der Waals surface area contributed by atoms with Gasteiger partial charge >= 0.3 is 5.97 Å². The van der Waals surface area contributed by atoms with Gasteiger partial charge in [0.2, 0.25) is 0 Å². The SMILES string of the molecule is COc1ccccc1[C@H]1CC(=O)C2=C(C1)NC(C)=C(C(=O)O[C@H]1CCCOCC1)[C@H]2c1cccc(O)c1. The normalized spacial score (nSPS) is 24.2. The molecule has 7 heteroatoms. The molecule has 3 atom stereocenters. The van der Waals surface area contributed by atoms with E-state index in [4.69, 9.17) is 14.2 Å². The Hall–Kier alpha value is -3.58. The average molecular weight is 504 g/mol. The molecule has 2 heterocycles. The number of carbonyl (C=O) groups is 2. The first-order chi connectivity index (χ1) is 18.0. The maximum absolute atomic E-state index is 13.8. The maximum atomic E-state index is 13.8. The second kappa shape index (κ2) is 10.8. The molecule has 1 saturated heterocycles. The van der Waals surface area contributed by atoms with Crippen LogP contribution in [0.4, 0.5) is 0 Å². The van der Waals surface area contributed by atoms with Crippen LogP contribution in [0.3, 0.4) is 0 Å². The summed E-state index contributed by atoms with van der Waals surface area (Å²) in [5.41, 5.74) is 4.13. The molecule has 0 aromatic heterocycles. The van der Waals surface area contributed by atoms with Crippen LogP contribution in [0.15, 0.2) is 71.1 Å². The molecule has 2 aromatic carbocycles. The summed E-state index contributed by atoms with van der Waals surface area (Å²) in [6.45, 7) is 3.08. The van der Waals surface area contributed by atoms with Crippen molar-refractivity contribution in [3.05, 3.63) is 82.2 Å². The largest absolute Gasteiger partial charge is 0.508 e. The molecule has 3 aliphatic rings. The number of nitrogens with one attached hydrogen (secondary N) is 1. The number of dihydropyridines is 1. The van der Waals surface area contributed by atoms with Crippen molar-refractivity contribution in [3.8, 4) is 11.5 Å². The number of phenols is 1. The molecule has 0 unspecified atom stereocenters. The van der Waals surface area contributed by atoms with Crippen molar-refractivity contribution < 1.29 is 28.9 Å². The molecular formula is C30H33NO6. The molecule has 1 fully saturated rings. The lowest BCUT2D eigenvalue weighted by atomic mass is 9.71.